The fraction of sp³-hybridized carbons (Fsp3) is 0.733. The lowest BCUT2D eigenvalue weighted by Crippen LogP contribution is -2.39. The molecule has 1 aromatic heterocycles. The minimum Gasteiger partial charge on any atom is -0.478 e. The first-order chi connectivity index (χ1) is 9.60. The van der Waals surface area contributed by atoms with Gasteiger partial charge in [0.1, 0.15) is 5.56 Å². The van der Waals surface area contributed by atoms with Crippen molar-refractivity contribution in [1.29, 1.82) is 0 Å². The zero-order valence-corrected chi connectivity index (χ0v) is 12.1. The van der Waals surface area contributed by atoms with Gasteiger partial charge in [0.25, 0.3) is 0 Å². The van der Waals surface area contributed by atoms with Crippen LogP contribution in [-0.4, -0.2) is 38.8 Å². The van der Waals surface area contributed by atoms with Crippen LogP contribution in [0.1, 0.15) is 54.6 Å². The first kappa shape index (κ1) is 13.6. The molecule has 0 unspecified atom stereocenters. The molecule has 5 nitrogen and oxygen atoms in total. The third-order valence-corrected chi connectivity index (χ3v) is 5.25. The molecule has 0 radical (unpaired) electrons. The van der Waals surface area contributed by atoms with Crippen LogP contribution in [0.2, 0.25) is 0 Å². The van der Waals surface area contributed by atoms with Crippen LogP contribution < -0.4 is 0 Å². The number of carboxylic acid groups (broad SMARTS) is 1. The molecule has 5 heteroatoms. The Labute approximate surface area is 119 Å². The lowest BCUT2D eigenvalue weighted by Gasteiger charge is -2.39. The summed E-state index contributed by atoms with van der Waals surface area (Å²) in [4.78, 5) is 13.6. The minimum atomic E-state index is -0.877. The zero-order chi connectivity index (χ0) is 14.2. The number of hydrogen-bond donors (Lipinski definition) is 1. The summed E-state index contributed by atoms with van der Waals surface area (Å²) in [5.41, 5.74) is 1.77. The number of hydrogen-bond acceptors (Lipinski definition) is 3. The van der Waals surface area contributed by atoms with E-state index in [9.17, 15) is 9.90 Å². The molecule has 2 fully saturated rings. The van der Waals surface area contributed by atoms with Crippen LogP contribution in [0.4, 0.5) is 0 Å². The molecule has 110 valence electrons. The van der Waals surface area contributed by atoms with Crippen LogP contribution in [0.3, 0.4) is 0 Å². The van der Waals surface area contributed by atoms with Gasteiger partial charge >= 0.3 is 5.97 Å². The molecule has 0 atom stereocenters. The molecule has 3 rings (SSSR count). The van der Waals surface area contributed by atoms with E-state index < -0.39 is 5.97 Å². The van der Waals surface area contributed by atoms with Gasteiger partial charge in [-0.3, -0.25) is 9.58 Å². The van der Waals surface area contributed by atoms with Crippen LogP contribution in [0.5, 0.6) is 0 Å². The van der Waals surface area contributed by atoms with Crippen LogP contribution in [-0.2, 0) is 13.6 Å². The van der Waals surface area contributed by atoms with Crippen molar-refractivity contribution < 1.29 is 9.90 Å². The molecule has 2 heterocycles. The van der Waals surface area contributed by atoms with Crippen molar-refractivity contribution in [2.45, 2.75) is 45.1 Å². The fourth-order valence-corrected chi connectivity index (χ4v) is 3.85. The van der Waals surface area contributed by atoms with Crippen LogP contribution in [0, 0.1) is 5.41 Å². The molecule has 0 amide bonds. The third kappa shape index (κ3) is 2.46. The maximum absolute atomic E-state index is 11.2. The average Bonchev–Trinajstić information content (AvgIpc) is 3.01. The highest BCUT2D eigenvalue weighted by Gasteiger charge is 2.37. The minimum absolute atomic E-state index is 0.341. The summed E-state index contributed by atoms with van der Waals surface area (Å²) in [5, 5.41) is 13.3. The second-order valence-corrected chi connectivity index (χ2v) is 6.42. The number of aromatic nitrogens is 2. The summed E-state index contributed by atoms with van der Waals surface area (Å²) in [6.45, 7) is 2.88. The molecule has 1 saturated heterocycles. The second-order valence-electron chi connectivity index (χ2n) is 6.42. The monoisotopic (exact) mass is 277 g/mol. The highest BCUT2D eigenvalue weighted by molar-refractivity contribution is 5.88. The molecule has 1 saturated carbocycles. The van der Waals surface area contributed by atoms with Gasteiger partial charge in [-0.15, -0.1) is 0 Å². The van der Waals surface area contributed by atoms with Crippen molar-refractivity contribution >= 4 is 5.97 Å². The number of nitrogens with zero attached hydrogens (tertiary/aromatic N) is 3. The number of piperidine rings is 1. The van der Waals surface area contributed by atoms with Crippen molar-refractivity contribution in [1.82, 2.24) is 14.7 Å². The van der Waals surface area contributed by atoms with E-state index in [1.54, 1.807) is 4.68 Å². The normalized spacial score (nSPS) is 22.4. The Kier molecular flexibility index (Phi) is 3.54. The van der Waals surface area contributed by atoms with Crippen LogP contribution in [0.15, 0.2) is 6.20 Å². The van der Waals surface area contributed by atoms with Crippen LogP contribution >= 0.6 is 0 Å². The van der Waals surface area contributed by atoms with Crippen molar-refractivity contribution in [3.8, 4) is 0 Å². The van der Waals surface area contributed by atoms with E-state index in [2.05, 4.69) is 10.00 Å². The summed E-state index contributed by atoms with van der Waals surface area (Å²) in [5.74, 6) is -0.877. The molecular weight excluding hydrogens is 254 g/mol. The van der Waals surface area contributed by atoms with E-state index in [1.165, 1.54) is 44.7 Å². The summed E-state index contributed by atoms with van der Waals surface area (Å²) in [7, 11) is 1.82. The first-order valence-corrected chi connectivity index (χ1v) is 7.56. The molecule has 1 aliphatic heterocycles. The Balaban J connectivity index is 1.65. The lowest BCUT2D eigenvalue weighted by molar-refractivity contribution is 0.0690. The smallest absolute Gasteiger partial charge is 0.339 e. The Bertz CT molecular complexity index is 493. The lowest BCUT2D eigenvalue weighted by atomic mass is 9.77. The zero-order valence-electron chi connectivity index (χ0n) is 12.1. The van der Waals surface area contributed by atoms with Gasteiger partial charge in [-0.25, -0.2) is 4.79 Å². The van der Waals surface area contributed by atoms with Crippen molar-refractivity contribution in [2.24, 2.45) is 12.5 Å². The SMILES string of the molecule is Cn1ncc(C(=O)O)c1CN1CCC2(CCCC2)CC1. The van der Waals surface area contributed by atoms with E-state index >= 15 is 0 Å². The number of carbonyl (C=O) groups is 1. The van der Waals surface area contributed by atoms with Gasteiger partial charge < -0.3 is 5.11 Å². The van der Waals surface area contributed by atoms with Crippen LogP contribution in [0.25, 0.3) is 0 Å². The standard InChI is InChI=1S/C15H23N3O2/c1-17-13(12(10-16-17)14(19)20)11-18-8-6-15(7-9-18)4-2-3-5-15/h10H,2-9,11H2,1H3,(H,19,20). The predicted molar refractivity (Wildman–Crippen MR) is 75.6 cm³/mol. The Morgan fingerprint density at radius 3 is 2.55 bits per heavy atom. The number of likely N-dealkylation sites (tertiary alicyclic amines) is 1. The van der Waals surface area contributed by atoms with E-state index in [4.69, 9.17) is 0 Å². The van der Waals surface area contributed by atoms with Crippen molar-refractivity contribution in [3.63, 3.8) is 0 Å². The van der Waals surface area contributed by atoms with E-state index in [-0.39, 0.29) is 0 Å². The predicted octanol–water partition coefficient (Wildman–Crippen LogP) is 2.27. The molecule has 0 aromatic carbocycles. The Hall–Kier alpha value is -1.36. The van der Waals surface area contributed by atoms with Gasteiger partial charge in [0.15, 0.2) is 0 Å². The maximum atomic E-state index is 11.2. The number of aromatic carboxylic acids is 1. The first-order valence-electron chi connectivity index (χ1n) is 7.56. The van der Waals surface area contributed by atoms with Gasteiger partial charge in [-0.05, 0) is 44.2 Å². The van der Waals surface area contributed by atoms with Crippen molar-refractivity contribution in [2.75, 3.05) is 13.1 Å². The second kappa shape index (κ2) is 5.20. The molecule has 0 bridgehead atoms. The van der Waals surface area contributed by atoms with Crippen molar-refractivity contribution in [3.05, 3.63) is 17.5 Å². The molecule has 1 aromatic rings. The highest BCUT2D eigenvalue weighted by Crippen LogP contribution is 2.46. The van der Waals surface area contributed by atoms with Gasteiger partial charge in [0.05, 0.1) is 11.9 Å². The number of carboxylic acids is 1. The molecule has 1 aliphatic carbocycles. The summed E-state index contributed by atoms with van der Waals surface area (Å²) >= 11 is 0. The average molecular weight is 277 g/mol. The van der Waals surface area contributed by atoms with Gasteiger partial charge in [0, 0.05) is 13.6 Å². The summed E-state index contributed by atoms with van der Waals surface area (Å²) < 4.78 is 1.70. The fourth-order valence-electron chi connectivity index (χ4n) is 3.85. The summed E-state index contributed by atoms with van der Waals surface area (Å²) in [6.07, 6.45) is 9.58. The molecular formula is C15H23N3O2. The number of rotatable bonds is 3. The van der Waals surface area contributed by atoms with E-state index in [0.29, 0.717) is 17.5 Å². The molecule has 2 aliphatic rings. The Morgan fingerprint density at radius 1 is 1.30 bits per heavy atom. The maximum Gasteiger partial charge on any atom is 0.339 e. The number of aryl methyl sites for hydroxylation is 1. The highest BCUT2D eigenvalue weighted by atomic mass is 16.4. The largest absolute Gasteiger partial charge is 0.478 e. The summed E-state index contributed by atoms with van der Waals surface area (Å²) in [6, 6.07) is 0. The van der Waals surface area contributed by atoms with Gasteiger partial charge in [-0.2, -0.15) is 5.10 Å². The third-order valence-electron chi connectivity index (χ3n) is 5.25. The molecule has 1 N–H and O–H groups in total. The van der Waals surface area contributed by atoms with E-state index in [0.717, 1.165) is 18.8 Å². The van der Waals surface area contributed by atoms with Gasteiger partial charge in [-0.1, -0.05) is 12.8 Å². The molecule has 1 spiro atoms. The van der Waals surface area contributed by atoms with Gasteiger partial charge in [0.2, 0.25) is 0 Å². The molecule has 20 heavy (non-hydrogen) atoms. The quantitative estimate of drug-likeness (QED) is 0.921. The topological polar surface area (TPSA) is 58.4 Å². The van der Waals surface area contributed by atoms with E-state index in [1.807, 2.05) is 7.05 Å². The Morgan fingerprint density at radius 2 is 1.95 bits per heavy atom.